The molecule has 0 bridgehead atoms. The summed E-state index contributed by atoms with van der Waals surface area (Å²) in [5, 5.41) is 15.3. The Balaban J connectivity index is 1.64. The molecule has 2 aromatic carbocycles. The van der Waals surface area contributed by atoms with E-state index in [1.54, 1.807) is 12.4 Å². The number of pyridine rings is 1. The lowest BCUT2D eigenvalue weighted by Gasteiger charge is -2.26. The van der Waals surface area contributed by atoms with Gasteiger partial charge in [-0.25, -0.2) is 4.79 Å². The molecule has 1 atom stereocenters. The fraction of sp³-hybridized carbons (Fsp3) is 0.200. The van der Waals surface area contributed by atoms with Gasteiger partial charge in [0.1, 0.15) is 0 Å². The van der Waals surface area contributed by atoms with Crippen molar-refractivity contribution < 1.29 is 9.90 Å². The third kappa shape index (κ3) is 4.69. The zero-order valence-corrected chi connectivity index (χ0v) is 17.5. The predicted molar refractivity (Wildman–Crippen MR) is 123 cm³/mol. The first kappa shape index (κ1) is 20.5. The summed E-state index contributed by atoms with van der Waals surface area (Å²) in [7, 11) is 0. The molecule has 0 aliphatic carbocycles. The van der Waals surface area contributed by atoms with Crippen molar-refractivity contribution in [2.45, 2.75) is 25.8 Å². The van der Waals surface area contributed by atoms with Crippen LogP contribution in [0.15, 0.2) is 85.3 Å². The van der Waals surface area contributed by atoms with Crippen molar-refractivity contribution in [3.63, 3.8) is 0 Å². The number of nitrogens with one attached hydrogen (secondary N) is 1. The fourth-order valence-electron chi connectivity index (χ4n) is 3.93. The van der Waals surface area contributed by atoms with Crippen molar-refractivity contribution >= 4 is 22.7 Å². The Hall–Kier alpha value is -3.80. The largest absolute Gasteiger partial charge is 0.465 e. The molecule has 6 nitrogen and oxygen atoms in total. The molecule has 0 fully saturated rings. The lowest BCUT2D eigenvalue weighted by molar-refractivity contribution is 0.190. The maximum atomic E-state index is 11.3. The highest BCUT2D eigenvalue weighted by atomic mass is 16.4. The molecule has 6 heteroatoms. The van der Waals surface area contributed by atoms with Gasteiger partial charge in [0.25, 0.3) is 0 Å². The fourth-order valence-corrected chi connectivity index (χ4v) is 3.93. The Morgan fingerprint density at radius 1 is 1.10 bits per heavy atom. The molecular weight excluding hydrogens is 388 g/mol. The van der Waals surface area contributed by atoms with Crippen molar-refractivity contribution in [3.8, 4) is 0 Å². The Morgan fingerprint density at radius 2 is 1.87 bits per heavy atom. The summed E-state index contributed by atoms with van der Waals surface area (Å²) in [6, 6.07) is 21.8. The topological polar surface area (TPSA) is 70.4 Å². The number of rotatable bonds is 8. The minimum Gasteiger partial charge on any atom is -0.465 e. The average Bonchev–Trinajstić information content (AvgIpc) is 3.21. The van der Waals surface area contributed by atoms with Crippen LogP contribution in [0.4, 0.5) is 10.5 Å². The number of hydrogen-bond donors (Lipinski definition) is 2. The second-order valence-electron chi connectivity index (χ2n) is 7.50. The lowest BCUT2D eigenvalue weighted by Crippen LogP contribution is -2.29. The number of fused-ring (bicyclic) bond motifs is 1. The molecule has 0 aliphatic rings. The predicted octanol–water partition coefficient (Wildman–Crippen LogP) is 5.27. The summed E-state index contributed by atoms with van der Waals surface area (Å²) in [4.78, 5) is 15.5. The van der Waals surface area contributed by atoms with E-state index in [-0.39, 0.29) is 6.04 Å². The molecule has 2 heterocycles. The van der Waals surface area contributed by atoms with Gasteiger partial charge >= 0.3 is 6.09 Å². The molecule has 158 valence electrons. The lowest BCUT2D eigenvalue weighted by atomic mass is 9.98. The molecule has 0 radical (unpaired) electrons. The van der Waals surface area contributed by atoms with Gasteiger partial charge in [-0.05, 0) is 54.3 Å². The maximum absolute atomic E-state index is 11.3. The van der Waals surface area contributed by atoms with E-state index in [9.17, 15) is 9.90 Å². The van der Waals surface area contributed by atoms with Crippen LogP contribution < -0.4 is 10.3 Å². The first-order valence-corrected chi connectivity index (χ1v) is 10.5. The second-order valence-corrected chi connectivity index (χ2v) is 7.50. The van der Waals surface area contributed by atoms with E-state index in [1.807, 2.05) is 42.5 Å². The molecule has 1 amide bonds. The van der Waals surface area contributed by atoms with E-state index < -0.39 is 6.09 Å². The number of aromatic nitrogens is 2. The molecule has 4 rings (SSSR count). The van der Waals surface area contributed by atoms with Crippen LogP contribution in [0, 0.1) is 0 Å². The highest BCUT2D eigenvalue weighted by molar-refractivity contribution is 5.82. The van der Waals surface area contributed by atoms with Crippen molar-refractivity contribution in [1.82, 2.24) is 15.0 Å². The molecule has 4 aromatic rings. The minimum absolute atomic E-state index is 0.299. The summed E-state index contributed by atoms with van der Waals surface area (Å²) >= 11 is 0. The monoisotopic (exact) mass is 414 g/mol. The maximum Gasteiger partial charge on any atom is 0.405 e. The number of carboxylic acid groups (broad SMARTS) is 1. The van der Waals surface area contributed by atoms with Crippen molar-refractivity contribution in [1.29, 1.82) is 0 Å². The van der Waals surface area contributed by atoms with Gasteiger partial charge < -0.3 is 10.4 Å². The second kappa shape index (κ2) is 9.34. The van der Waals surface area contributed by atoms with Crippen LogP contribution in [0.25, 0.3) is 10.9 Å². The highest BCUT2D eigenvalue weighted by Crippen LogP contribution is 2.25. The molecule has 0 saturated heterocycles. The van der Waals surface area contributed by atoms with Crippen LogP contribution >= 0.6 is 0 Å². The number of hydrogen-bond acceptors (Lipinski definition) is 3. The van der Waals surface area contributed by atoms with Crippen LogP contribution in [0.3, 0.4) is 0 Å². The van der Waals surface area contributed by atoms with Gasteiger partial charge in [0, 0.05) is 30.5 Å². The molecule has 2 N–H and O–H groups in total. The first-order chi connectivity index (χ1) is 15.2. The molecule has 2 aromatic heterocycles. The zero-order chi connectivity index (χ0) is 21.6. The van der Waals surface area contributed by atoms with E-state index in [4.69, 9.17) is 0 Å². The Labute approximate surface area is 181 Å². The molecular formula is C25H26N4O2. The van der Waals surface area contributed by atoms with Crippen LogP contribution in [0.2, 0.25) is 0 Å². The Bertz CT molecular complexity index is 1140. The van der Waals surface area contributed by atoms with Crippen LogP contribution in [-0.4, -0.2) is 27.4 Å². The third-order valence-corrected chi connectivity index (χ3v) is 5.33. The van der Waals surface area contributed by atoms with Gasteiger partial charge in [0.05, 0.1) is 17.2 Å². The van der Waals surface area contributed by atoms with Crippen LogP contribution in [0.5, 0.6) is 0 Å². The zero-order valence-electron chi connectivity index (χ0n) is 17.5. The van der Waals surface area contributed by atoms with Gasteiger partial charge in [0.2, 0.25) is 0 Å². The SMILES string of the molecule is CCCN(c1ccncc1)n1ccc2cc(C[C@H](NC(=O)O)c3ccccc3)ccc21. The van der Waals surface area contributed by atoms with Crippen molar-refractivity contribution in [3.05, 3.63) is 96.4 Å². The van der Waals surface area contributed by atoms with Crippen LogP contribution in [0.1, 0.15) is 30.5 Å². The van der Waals surface area contributed by atoms with Gasteiger partial charge in [0.15, 0.2) is 0 Å². The summed E-state index contributed by atoms with van der Waals surface area (Å²) in [5.74, 6) is 0. The number of anilines is 1. The van der Waals surface area contributed by atoms with Gasteiger partial charge in [-0.2, -0.15) is 0 Å². The Kier molecular flexibility index (Phi) is 6.17. The molecule has 31 heavy (non-hydrogen) atoms. The van der Waals surface area contributed by atoms with Crippen molar-refractivity contribution in [2.75, 3.05) is 11.6 Å². The van der Waals surface area contributed by atoms with E-state index in [0.717, 1.165) is 40.7 Å². The van der Waals surface area contributed by atoms with Gasteiger partial charge in [-0.1, -0.05) is 43.3 Å². The number of amides is 1. The normalized spacial score (nSPS) is 11.9. The number of nitrogens with zero attached hydrogens (tertiary/aromatic N) is 3. The molecule has 0 saturated carbocycles. The average molecular weight is 415 g/mol. The standard InChI is InChI=1S/C25H26N4O2/c1-2-15-28(22-10-13-26-14-11-22)29-16-12-21-17-19(8-9-24(21)29)18-23(27-25(30)31)20-6-4-3-5-7-20/h3-14,16-17,23,27H,2,15,18H2,1H3,(H,30,31)/t23-/m0/s1. The summed E-state index contributed by atoms with van der Waals surface area (Å²) in [5.41, 5.74) is 4.23. The summed E-state index contributed by atoms with van der Waals surface area (Å²) in [6.07, 6.45) is 6.27. The smallest absolute Gasteiger partial charge is 0.405 e. The van der Waals surface area contributed by atoms with E-state index in [2.05, 4.69) is 57.4 Å². The number of carbonyl (C=O) groups is 1. The van der Waals surface area contributed by atoms with Crippen LogP contribution in [-0.2, 0) is 6.42 Å². The van der Waals surface area contributed by atoms with Crippen molar-refractivity contribution in [2.24, 2.45) is 0 Å². The molecule has 0 unspecified atom stereocenters. The summed E-state index contributed by atoms with van der Waals surface area (Å²) < 4.78 is 2.17. The van der Waals surface area contributed by atoms with Gasteiger partial charge in [-0.3, -0.25) is 14.7 Å². The third-order valence-electron chi connectivity index (χ3n) is 5.33. The van der Waals surface area contributed by atoms with E-state index >= 15 is 0 Å². The quantitative estimate of drug-likeness (QED) is 0.412. The first-order valence-electron chi connectivity index (χ1n) is 10.5. The van der Waals surface area contributed by atoms with E-state index in [1.165, 1.54) is 0 Å². The Morgan fingerprint density at radius 3 is 2.58 bits per heavy atom. The minimum atomic E-state index is -1.02. The highest BCUT2D eigenvalue weighted by Gasteiger charge is 2.16. The van der Waals surface area contributed by atoms with Gasteiger partial charge in [-0.15, -0.1) is 0 Å². The summed E-state index contributed by atoms with van der Waals surface area (Å²) in [6.45, 7) is 3.05. The molecule has 0 aliphatic heterocycles. The molecule has 0 spiro atoms. The van der Waals surface area contributed by atoms with E-state index in [0.29, 0.717) is 6.42 Å². The number of benzene rings is 2.